The third-order valence-electron chi connectivity index (χ3n) is 1.86. The van der Waals surface area contributed by atoms with E-state index in [-0.39, 0.29) is 5.92 Å². The van der Waals surface area contributed by atoms with Gasteiger partial charge in [-0.25, -0.2) is 0 Å². The Morgan fingerprint density at radius 1 is 1.36 bits per heavy atom. The van der Waals surface area contributed by atoms with Crippen LogP contribution in [-0.4, -0.2) is 5.11 Å². The predicted octanol–water partition coefficient (Wildman–Crippen LogP) is 2.27. The first-order chi connectivity index (χ1) is 5.38. The molecule has 1 nitrogen and oxygen atoms in total. The zero-order chi connectivity index (χ0) is 7.68. The molecule has 0 amide bonds. The monoisotopic (exact) mass is 144 g/mol. The molecule has 0 aromatic rings. The van der Waals surface area contributed by atoms with E-state index in [1.165, 1.54) is 0 Å². The van der Waals surface area contributed by atoms with Crippen LogP contribution in [0.25, 0.3) is 0 Å². The van der Waals surface area contributed by atoms with Crippen molar-refractivity contribution in [1.29, 1.82) is 0 Å². The third-order valence-corrected chi connectivity index (χ3v) is 1.86. The predicted molar refractivity (Wildman–Crippen MR) is 44.1 cm³/mol. The highest BCUT2D eigenvalue weighted by molar-refractivity contribution is 5.42. The number of hydrogen-bond acceptors (Lipinski definition) is 1. The summed E-state index contributed by atoms with van der Waals surface area (Å²) in [5, 5.41) is 9.35. The summed E-state index contributed by atoms with van der Waals surface area (Å²) in [5.74, 6) is 0.355. The summed E-state index contributed by atoms with van der Waals surface area (Å²) in [5.41, 5.74) is 3.90. The second kappa shape index (κ2) is 2.30. The van der Waals surface area contributed by atoms with Crippen molar-refractivity contribution in [1.82, 2.24) is 0 Å². The SMILES string of the molecule is OC1=C=CC=C2C=CC=CC12. The molecular formula is C10H8O. The van der Waals surface area contributed by atoms with Gasteiger partial charge in [0.1, 0.15) is 5.76 Å². The molecule has 2 aliphatic rings. The van der Waals surface area contributed by atoms with E-state index in [4.69, 9.17) is 0 Å². The summed E-state index contributed by atoms with van der Waals surface area (Å²) in [6, 6.07) is 0. The fourth-order valence-corrected chi connectivity index (χ4v) is 1.28. The van der Waals surface area contributed by atoms with Gasteiger partial charge in [0, 0.05) is 0 Å². The minimum Gasteiger partial charge on any atom is -0.504 e. The normalized spacial score (nSPS) is 26.0. The number of hydrogen-bond donors (Lipinski definition) is 1. The zero-order valence-corrected chi connectivity index (χ0v) is 5.99. The van der Waals surface area contributed by atoms with Crippen molar-refractivity contribution in [2.45, 2.75) is 0 Å². The van der Waals surface area contributed by atoms with E-state index in [1.807, 2.05) is 30.4 Å². The smallest absolute Gasteiger partial charge is 0.146 e. The van der Waals surface area contributed by atoms with Crippen molar-refractivity contribution in [3.8, 4) is 0 Å². The second-order valence-electron chi connectivity index (χ2n) is 2.58. The maximum Gasteiger partial charge on any atom is 0.146 e. The summed E-state index contributed by atoms with van der Waals surface area (Å²) < 4.78 is 0. The average molecular weight is 144 g/mol. The van der Waals surface area contributed by atoms with Gasteiger partial charge in [-0.1, -0.05) is 36.1 Å². The summed E-state index contributed by atoms with van der Waals surface area (Å²) in [7, 11) is 0. The first kappa shape index (κ1) is 6.26. The number of aliphatic hydroxyl groups excluding tert-OH is 1. The highest BCUT2D eigenvalue weighted by Gasteiger charge is 2.16. The largest absolute Gasteiger partial charge is 0.504 e. The van der Waals surface area contributed by atoms with Crippen molar-refractivity contribution in [2.24, 2.45) is 5.92 Å². The second-order valence-corrected chi connectivity index (χ2v) is 2.58. The molecule has 0 aliphatic heterocycles. The number of fused-ring (bicyclic) bond motifs is 1. The average Bonchev–Trinajstić information content (AvgIpc) is 2.06. The molecule has 1 atom stereocenters. The van der Waals surface area contributed by atoms with Crippen LogP contribution in [0.4, 0.5) is 0 Å². The zero-order valence-electron chi connectivity index (χ0n) is 5.99. The molecule has 2 rings (SSSR count). The van der Waals surface area contributed by atoms with Gasteiger partial charge in [-0.2, -0.15) is 0 Å². The van der Waals surface area contributed by atoms with Crippen LogP contribution >= 0.6 is 0 Å². The van der Waals surface area contributed by atoms with Crippen LogP contribution in [0.3, 0.4) is 0 Å². The molecule has 1 N–H and O–H groups in total. The fraction of sp³-hybridized carbons (Fsp3) is 0.100. The van der Waals surface area contributed by atoms with Crippen molar-refractivity contribution in [3.63, 3.8) is 0 Å². The molecule has 0 aromatic heterocycles. The molecule has 0 spiro atoms. The van der Waals surface area contributed by atoms with Gasteiger partial charge < -0.3 is 5.11 Å². The topological polar surface area (TPSA) is 20.2 Å². The van der Waals surface area contributed by atoms with Crippen molar-refractivity contribution < 1.29 is 5.11 Å². The van der Waals surface area contributed by atoms with Gasteiger partial charge in [-0.15, -0.1) is 0 Å². The lowest BCUT2D eigenvalue weighted by Crippen LogP contribution is -2.06. The minimum absolute atomic E-state index is 0.0463. The van der Waals surface area contributed by atoms with Gasteiger partial charge in [0.2, 0.25) is 0 Å². The number of aliphatic hydroxyl groups is 1. The molecule has 0 radical (unpaired) electrons. The highest BCUT2D eigenvalue weighted by Crippen LogP contribution is 2.26. The lowest BCUT2D eigenvalue weighted by molar-refractivity contribution is 0.373. The molecule has 0 saturated heterocycles. The van der Waals surface area contributed by atoms with Crippen LogP contribution in [-0.2, 0) is 0 Å². The molecule has 0 bridgehead atoms. The third kappa shape index (κ3) is 0.957. The highest BCUT2D eigenvalue weighted by atomic mass is 16.3. The van der Waals surface area contributed by atoms with Crippen molar-refractivity contribution >= 4 is 0 Å². The maximum atomic E-state index is 9.35. The standard InChI is InChI=1S/C10H8O/c11-10-7-3-5-8-4-1-2-6-9(8)10/h1-6,9,11H. The van der Waals surface area contributed by atoms with E-state index in [9.17, 15) is 5.11 Å². The van der Waals surface area contributed by atoms with Crippen LogP contribution in [0.5, 0.6) is 0 Å². The first-order valence-electron chi connectivity index (χ1n) is 3.58. The van der Waals surface area contributed by atoms with Crippen LogP contribution in [0.1, 0.15) is 0 Å². The van der Waals surface area contributed by atoms with Gasteiger partial charge in [-0.05, 0) is 11.6 Å². The van der Waals surface area contributed by atoms with Gasteiger partial charge in [0.25, 0.3) is 0 Å². The summed E-state index contributed by atoms with van der Waals surface area (Å²) in [6.45, 7) is 0. The van der Waals surface area contributed by atoms with Crippen molar-refractivity contribution in [2.75, 3.05) is 0 Å². The Hall–Kier alpha value is -1.46. The minimum atomic E-state index is 0.0463. The van der Waals surface area contributed by atoms with E-state index in [1.54, 1.807) is 6.08 Å². The molecule has 54 valence electrons. The number of allylic oxidation sites excluding steroid dienone is 5. The molecule has 0 fully saturated rings. The molecule has 1 heteroatoms. The molecule has 0 heterocycles. The Bertz CT molecular complexity index is 323. The molecular weight excluding hydrogens is 136 g/mol. The quantitative estimate of drug-likeness (QED) is 0.517. The van der Waals surface area contributed by atoms with Gasteiger partial charge in [-0.3, -0.25) is 0 Å². The molecule has 2 aliphatic carbocycles. The van der Waals surface area contributed by atoms with E-state index in [2.05, 4.69) is 5.73 Å². The Balaban J connectivity index is 2.48. The molecule has 1 unspecified atom stereocenters. The van der Waals surface area contributed by atoms with Crippen molar-refractivity contribution in [3.05, 3.63) is 53.5 Å². The van der Waals surface area contributed by atoms with Crippen LogP contribution in [0.2, 0.25) is 0 Å². The van der Waals surface area contributed by atoms with Crippen LogP contribution in [0.15, 0.2) is 53.5 Å². The summed E-state index contributed by atoms with van der Waals surface area (Å²) in [6.07, 6.45) is 11.6. The Labute approximate surface area is 65.4 Å². The lowest BCUT2D eigenvalue weighted by Gasteiger charge is -2.15. The van der Waals surface area contributed by atoms with E-state index in [0.717, 1.165) is 5.57 Å². The van der Waals surface area contributed by atoms with Gasteiger partial charge >= 0.3 is 0 Å². The van der Waals surface area contributed by atoms with E-state index in [0.29, 0.717) is 5.76 Å². The Morgan fingerprint density at radius 2 is 2.27 bits per heavy atom. The van der Waals surface area contributed by atoms with Crippen LogP contribution in [0, 0.1) is 5.92 Å². The molecule has 11 heavy (non-hydrogen) atoms. The summed E-state index contributed by atoms with van der Waals surface area (Å²) in [4.78, 5) is 0. The van der Waals surface area contributed by atoms with Crippen LogP contribution < -0.4 is 0 Å². The first-order valence-corrected chi connectivity index (χ1v) is 3.58. The van der Waals surface area contributed by atoms with E-state index >= 15 is 0 Å². The number of rotatable bonds is 0. The Morgan fingerprint density at radius 3 is 3.09 bits per heavy atom. The fourth-order valence-electron chi connectivity index (χ4n) is 1.28. The van der Waals surface area contributed by atoms with E-state index < -0.39 is 0 Å². The maximum absolute atomic E-state index is 9.35. The molecule has 0 saturated carbocycles. The van der Waals surface area contributed by atoms with Gasteiger partial charge in [0.15, 0.2) is 0 Å². The Kier molecular flexibility index (Phi) is 1.31. The van der Waals surface area contributed by atoms with Gasteiger partial charge in [0.05, 0.1) is 5.92 Å². The molecule has 0 aromatic carbocycles. The summed E-state index contributed by atoms with van der Waals surface area (Å²) >= 11 is 0. The lowest BCUT2D eigenvalue weighted by atomic mass is 9.90.